The minimum absolute atomic E-state index is 0.223. The van der Waals surface area contributed by atoms with Crippen LogP contribution in [-0.4, -0.2) is 28.9 Å². The number of rotatable bonds is 6. The molecule has 12 heteroatoms. The molecular weight excluding hydrogens is 445 g/mol. The largest absolute Gasteiger partial charge is 0.516 e. The number of H-pyrrole nitrogens is 1. The molecule has 166 valence electrons. The summed E-state index contributed by atoms with van der Waals surface area (Å²) in [5.41, 5.74) is -2.24. The Bertz CT molecular complexity index is 1370. The molecule has 0 aliphatic carbocycles. The highest BCUT2D eigenvalue weighted by Crippen LogP contribution is 2.27. The van der Waals surface area contributed by atoms with Crippen molar-refractivity contribution in [2.75, 3.05) is 15.4 Å². The Balaban J connectivity index is 1.45. The summed E-state index contributed by atoms with van der Waals surface area (Å²) in [6.45, 7) is 1.98. The minimum atomic E-state index is -5.48. The maximum atomic E-state index is 12.5. The number of aromatic nitrogens is 3. The first-order valence-electron chi connectivity index (χ1n) is 9.25. The summed E-state index contributed by atoms with van der Waals surface area (Å²) in [6, 6.07) is 14.8. The molecule has 0 aliphatic rings. The monoisotopic (exact) mass is 462 g/mol. The number of sulfonamides is 1. The van der Waals surface area contributed by atoms with Crippen LogP contribution in [0.2, 0.25) is 0 Å². The Kier molecular flexibility index (Phi) is 5.38. The highest BCUT2D eigenvalue weighted by atomic mass is 32.2. The van der Waals surface area contributed by atoms with Crippen molar-refractivity contribution < 1.29 is 21.6 Å². The predicted molar refractivity (Wildman–Crippen MR) is 117 cm³/mol. The highest BCUT2D eigenvalue weighted by Gasteiger charge is 2.46. The Hall–Kier alpha value is -3.80. The molecule has 0 atom stereocenters. The van der Waals surface area contributed by atoms with E-state index < -0.39 is 15.5 Å². The smallest absolute Gasteiger partial charge is 0.359 e. The number of benzene rings is 2. The molecule has 0 unspecified atom stereocenters. The van der Waals surface area contributed by atoms with E-state index in [0.29, 0.717) is 11.5 Å². The summed E-state index contributed by atoms with van der Waals surface area (Å²) in [7, 11) is -5.48. The van der Waals surface area contributed by atoms with Gasteiger partial charge in [-0.3, -0.25) is 4.72 Å². The number of hydrogen-bond donors (Lipinski definition) is 4. The first-order chi connectivity index (χ1) is 15.1. The van der Waals surface area contributed by atoms with Gasteiger partial charge < -0.3 is 15.6 Å². The van der Waals surface area contributed by atoms with Crippen molar-refractivity contribution in [1.82, 2.24) is 15.0 Å². The lowest BCUT2D eigenvalue weighted by molar-refractivity contribution is -0.0429. The average molecular weight is 462 g/mol. The van der Waals surface area contributed by atoms with Gasteiger partial charge in [-0.25, -0.2) is 4.98 Å². The average Bonchev–Trinajstić information content (AvgIpc) is 3.08. The maximum absolute atomic E-state index is 12.5. The van der Waals surface area contributed by atoms with Crippen molar-refractivity contribution >= 4 is 49.8 Å². The molecule has 2 aromatic carbocycles. The van der Waals surface area contributed by atoms with Crippen LogP contribution >= 0.6 is 0 Å². The van der Waals surface area contributed by atoms with Gasteiger partial charge in [-0.15, -0.1) is 0 Å². The van der Waals surface area contributed by atoms with Crippen LogP contribution in [0.25, 0.3) is 10.9 Å². The lowest BCUT2D eigenvalue weighted by Gasteiger charge is -2.11. The number of hydrogen-bond acceptors (Lipinski definition) is 6. The van der Waals surface area contributed by atoms with E-state index in [2.05, 4.69) is 25.6 Å². The quantitative estimate of drug-likeness (QED) is 0.320. The normalized spacial score (nSPS) is 12.0. The lowest BCUT2D eigenvalue weighted by atomic mass is 10.2. The van der Waals surface area contributed by atoms with Crippen LogP contribution in [0.4, 0.5) is 42.0 Å². The maximum Gasteiger partial charge on any atom is 0.516 e. The van der Waals surface area contributed by atoms with E-state index >= 15 is 0 Å². The van der Waals surface area contributed by atoms with E-state index in [-0.39, 0.29) is 11.6 Å². The summed E-state index contributed by atoms with van der Waals surface area (Å²) in [4.78, 5) is 11.7. The molecule has 4 aromatic rings. The first-order valence-corrected chi connectivity index (χ1v) is 10.7. The van der Waals surface area contributed by atoms with E-state index in [4.69, 9.17) is 0 Å². The van der Waals surface area contributed by atoms with Crippen LogP contribution in [0, 0.1) is 6.92 Å². The van der Waals surface area contributed by atoms with Crippen LogP contribution in [0.5, 0.6) is 0 Å². The number of nitrogens with one attached hydrogen (secondary N) is 4. The molecule has 8 nitrogen and oxygen atoms in total. The second kappa shape index (κ2) is 8.04. The number of aryl methyl sites for hydroxylation is 1. The molecule has 0 saturated carbocycles. The topological polar surface area (TPSA) is 112 Å². The minimum Gasteiger partial charge on any atom is -0.359 e. The standard InChI is InChI=1S/C20H17F3N6O2S/c1-12-10-13-11-16(6-7-17(13)25-12)26-18-8-9-24-19(28-18)27-14-2-4-15(5-3-14)29-32(30,31)20(21,22)23/h2-11,25,29H,1H3,(H2,24,26,27,28). The molecule has 4 rings (SSSR count). The van der Waals surface area contributed by atoms with Crippen molar-refractivity contribution in [3.8, 4) is 0 Å². The number of halogens is 3. The number of anilines is 5. The lowest BCUT2D eigenvalue weighted by Crippen LogP contribution is -2.29. The van der Waals surface area contributed by atoms with Crippen molar-refractivity contribution in [1.29, 1.82) is 0 Å². The van der Waals surface area contributed by atoms with E-state index in [1.54, 1.807) is 12.3 Å². The predicted octanol–water partition coefficient (Wildman–Crippen LogP) is 5.02. The van der Waals surface area contributed by atoms with Crippen LogP contribution in [-0.2, 0) is 10.0 Å². The van der Waals surface area contributed by atoms with E-state index in [9.17, 15) is 21.6 Å². The van der Waals surface area contributed by atoms with Gasteiger partial charge in [0.1, 0.15) is 5.82 Å². The zero-order chi connectivity index (χ0) is 22.9. The number of alkyl halides is 3. The number of fused-ring (bicyclic) bond motifs is 1. The Labute approximate surface area is 181 Å². The van der Waals surface area contributed by atoms with Gasteiger partial charge in [-0.05, 0) is 61.5 Å². The third kappa shape index (κ3) is 4.75. The summed E-state index contributed by atoms with van der Waals surface area (Å²) >= 11 is 0. The van der Waals surface area contributed by atoms with Crippen LogP contribution in [0.3, 0.4) is 0 Å². The molecule has 2 aromatic heterocycles. The van der Waals surface area contributed by atoms with Crippen LogP contribution < -0.4 is 15.4 Å². The molecule has 0 amide bonds. The zero-order valence-corrected chi connectivity index (χ0v) is 17.3. The van der Waals surface area contributed by atoms with Crippen molar-refractivity contribution in [2.45, 2.75) is 12.4 Å². The fourth-order valence-corrected chi connectivity index (χ4v) is 3.52. The van der Waals surface area contributed by atoms with Gasteiger partial charge in [-0.1, -0.05) is 0 Å². The Morgan fingerprint density at radius 1 is 0.906 bits per heavy atom. The van der Waals surface area contributed by atoms with E-state index in [0.717, 1.165) is 22.3 Å². The van der Waals surface area contributed by atoms with Gasteiger partial charge >= 0.3 is 15.5 Å². The van der Waals surface area contributed by atoms with Gasteiger partial charge in [0.25, 0.3) is 0 Å². The Morgan fingerprint density at radius 3 is 2.31 bits per heavy atom. The molecular formula is C20H17F3N6O2S. The summed E-state index contributed by atoms with van der Waals surface area (Å²) < 4.78 is 61.2. The molecule has 0 radical (unpaired) electrons. The van der Waals surface area contributed by atoms with Gasteiger partial charge in [-0.2, -0.15) is 26.6 Å². The SMILES string of the molecule is Cc1cc2cc(Nc3ccnc(Nc4ccc(NS(=O)(=O)C(F)(F)F)cc4)n3)ccc2[nH]1. The molecule has 0 bridgehead atoms. The first kappa shape index (κ1) is 21.4. The molecule has 0 fully saturated rings. The van der Waals surface area contributed by atoms with Gasteiger partial charge in [0.2, 0.25) is 5.95 Å². The second-order valence-corrected chi connectivity index (χ2v) is 8.57. The summed E-state index contributed by atoms with van der Waals surface area (Å²) in [6.07, 6.45) is 1.54. The second-order valence-electron chi connectivity index (χ2n) is 6.90. The van der Waals surface area contributed by atoms with Gasteiger partial charge in [0.05, 0.1) is 0 Å². The number of aromatic amines is 1. The fourth-order valence-electron chi connectivity index (χ4n) is 2.96. The van der Waals surface area contributed by atoms with Crippen molar-refractivity contribution in [3.63, 3.8) is 0 Å². The molecule has 0 spiro atoms. The molecule has 32 heavy (non-hydrogen) atoms. The molecule has 2 heterocycles. The molecule has 0 saturated heterocycles. The third-order valence-electron chi connectivity index (χ3n) is 4.38. The van der Waals surface area contributed by atoms with E-state index in [1.807, 2.05) is 31.2 Å². The Morgan fingerprint density at radius 2 is 1.59 bits per heavy atom. The molecule has 0 aliphatic heterocycles. The zero-order valence-electron chi connectivity index (χ0n) is 16.5. The summed E-state index contributed by atoms with van der Waals surface area (Å²) in [5, 5.41) is 7.17. The van der Waals surface area contributed by atoms with Crippen LogP contribution in [0.15, 0.2) is 60.8 Å². The van der Waals surface area contributed by atoms with Crippen LogP contribution in [0.1, 0.15) is 5.69 Å². The van der Waals surface area contributed by atoms with Gasteiger partial charge in [0.15, 0.2) is 0 Å². The van der Waals surface area contributed by atoms with E-state index in [1.165, 1.54) is 29.0 Å². The van der Waals surface area contributed by atoms with Crippen molar-refractivity contribution in [3.05, 3.63) is 66.5 Å². The van der Waals surface area contributed by atoms with Crippen molar-refractivity contribution in [2.24, 2.45) is 0 Å². The number of nitrogens with zero attached hydrogens (tertiary/aromatic N) is 2. The highest BCUT2D eigenvalue weighted by molar-refractivity contribution is 7.93. The third-order valence-corrected chi connectivity index (χ3v) is 5.50. The van der Waals surface area contributed by atoms with Gasteiger partial charge in [0, 0.05) is 39.9 Å². The molecule has 4 N–H and O–H groups in total. The fraction of sp³-hybridized carbons (Fsp3) is 0.100. The summed E-state index contributed by atoms with van der Waals surface area (Å²) in [5.74, 6) is 0.779.